The summed E-state index contributed by atoms with van der Waals surface area (Å²) in [6.07, 6.45) is 6.25. The molecule has 1 heterocycles. The van der Waals surface area contributed by atoms with Crippen LogP contribution in [-0.2, 0) is 0 Å². The van der Waals surface area contributed by atoms with Crippen molar-refractivity contribution in [1.29, 1.82) is 0 Å². The van der Waals surface area contributed by atoms with Gasteiger partial charge in [-0.05, 0) is 49.7 Å². The van der Waals surface area contributed by atoms with Crippen molar-refractivity contribution in [3.05, 3.63) is 0 Å². The Kier molecular flexibility index (Phi) is 8.43. The minimum atomic E-state index is 0.704. The van der Waals surface area contributed by atoms with Crippen LogP contribution in [0, 0.1) is 11.8 Å². The largest absolute Gasteiger partial charge is 0.311 e. The van der Waals surface area contributed by atoms with Crippen LogP contribution in [0.15, 0.2) is 0 Å². The molecule has 1 rings (SSSR count). The molecule has 1 aliphatic heterocycles. The van der Waals surface area contributed by atoms with E-state index in [9.17, 15) is 0 Å². The van der Waals surface area contributed by atoms with Gasteiger partial charge in [0.2, 0.25) is 0 Å². The van der Waals surface area contributed by atoms with Gasteiger partial charge >= 0.3 is 0 Å². The molecule has 1 saturated heterocycles. The van der Waals surface area contributed by atoms with Crippen molar-refractivity contribution in [3.63, 3.8) is 0 Å². The van der Waals surface area contributed by atoms with E-state index in [2.05, 4.69) is 44.2 Å². The van der Waals surface area contributed by atoms with Crippen LogP contribution >= 0.6 is 11.8 Å². The van der Waals surface area contributed by atoms with Gasteiger partial charge in [-0.2, -0.15) is 11.8 Å². The molecule has 1 N–H and O–H groups in total. The number of piperazine rings is 1. The normalized spacial score (nSPS) is 25.4. The predicted octanol–water partition coefficient (Wildman–Crippen LogP) is 3.47. The van der Waals surface area contributed by atoms with E-state index in [0.29, 0.717) is 6.04 Å². The van der Waals surface area contributed by atoms with Gasteiger partial charge in [0.15, 0.2) is 0 Å². The average molecular weight is 287 g/mol. The minimum absolute atomic E-state index is 0.704. The lowest BCUT2D eigenvalue weighted by Crippen LogP contribution is -2.58. The first-order valence-corrected chi connectivity index (χ1v) is 9.40. The van der Waals surface area contributed by atoms with Crippen LogP contribution in [0.4, 0.5) is 0 Å². The maximum Gasteiger partial charge on any atom is 0.0244 e. The number of thioether (sulfide) groups is 1. The summed E-state index contributed by atoms with van der Waals surface area (Å²) >= 11 is 1.97. The number of nitrogens with one attached hydrogen (secondary N) is 1. The third-order valence-electron chi connectivity index (χ3n) is 4.11. The molecule has 0 aromatic heterocycles. The fourth-order valence-electron chi connectivity index (χ4n) is 3.10. The smallest absolute Gasteiger partial charge is 0.0244 e. The molecular formula is C16H34N2S. The van der Waals surface area contributed by atoms with Crippen LogP contribution in [0.2, 0.25) is 0 Å². The first-order valence-electron chi connectivity index (χ1n) is 8.01. The molecule has 0 aromatic rings. The van der Waals surface area contributed by atoms with Gasteiger partial charge < -0.3 is 5.32 Å². The highest BCUT2D eigenvalue weighted by molar-refractivity contribution is 7.98. The Balaban J connectivity index is 2.43. The number of hydrogen-bond donors (Lipinski definition) is 1. The van der Waals surface area contributed by atoms with Gasteiger partial charge in [-0.15, -0.1) is 0 Å². The van der Waals surface area contributed by atoms with Gasteiger partial charge in [-0.3, -0.25) is 4.90 Å². The van der Waals surface area contributed by atoms with E-state index in [0.717, 1.165) is 17.9 Å². The molecule has 0 aromatic carbocycles. The molecule has 0 spiro atoms. The fraction of sp³-hybridized carbons (Fsp3) is 1.00. The lowest BCUT2D eigenvalue weighted by Gasteiger charge is -2.43. The second-order valence-corrected chi connectivity index (χ2v) is 7.73. The molecule has 114 valence electrons. The fourth-order valence-corrected chi connectivity index (χ4v) is 3.59. The van der Waals surface area contributed by atoms with Crippen LogP contribution in [0.25, 0.3) is 0 Å². The average Bonchev–Trinajstić information content (AvgIpc) is 2.34. The van der Waals surface area contributed by atoms with Crippen molar-refractivity contribution in [2.75, 3.05) is 31.6 Å². The Morgan fingerprint density at radius 1 is 1.21 bits per heavy atom. The molecular weight excluding hydrogens is 252 g/mol. The summed E-state index contributed by atoms with van der Waals surface area (Å²) in [7, 11) is 0. The Labute approximate surface area is 125 Å². The van der Waals surface area contributed by atoms with E-state index < -0.39 is 0 Å². The molecule has 19 heavy (non-hydrogen) atoms. The Morgan fingerprint density at radius 3 is 2.53 bits per heavy atom. The first-order chi connectivity index (χ1) is 9.04. The van der Waals surface area contributed by atoms with E-state index in [1.54, 1.807) is 0 Å². The topological polar surface area (TPSA) is 15.3 Å². The van der Waals surface area contributed by atoms with Crippen molar-refractivity contribution in [2.24, 2.45) is 11.8 Å². The van der Waals surface area contributed by atoms with E-state index in [4.69, 9.17) is 0 Å². The van der Waals surface area contributed by atoms with Crippen LogP contribution in [-0.4, -0.2) is 48.6 Å². The minimum Gasteiger partial charge on any atom is -0.311 e. The molecule has 0 saturated carbocycles. The van der Waals surface area contributed by atoms with Gasteiger partial charge in [-0.1, -0.05) is 27.7 Å². The summed E-state index contributed by atoms with van der Waals surface area (Å²) in [5.41, 5.74) is 0. The number of nitrogens with zero attached hydrogens (tertiary/aromatic N) is 1. The molecule has 2 atom stereocenters. The Morgan fingerprint density at radius 2 is 1.95 bits per heavy atom. The Bertz CT molecular complexity index is 231. The third-order valence-corrected chi connectivity index (χ3v) is 4.81. The van der Waals surface area contributed by atoms with Crippen molar-refractivity contribution in [2.45, 2.75) is 59.0 Å². The Hall–Kier alpha value is 0.270. The molecule has 1 fully saturated rings. The van der Waals surface area contributed by atoms with E-state index >= 15 is 0 Å². The number of hydrogen-bond acceptors (Lipinski definition) is 3. The second kappa shape index (κ2) is 9.25. The molecule has 1 aliphatic rings. The molecule has 2 nitrogen and oxygen atoms in total. The van der Waals surface area contributed by atoms with Crippen molar-refractivity contribution in [3.8, 4) is 0 Å². The van der Waals surface area contributed by atoms with Crippen LogP contribution in [0.5, 0.6) is 0 Å². The van der Waals surface area contributed by atoms with Crippen LogP contribution in [0.3, 0.4) is 0 Å². The highest BCUT2D eigenvalue weighted by Gasteiger charge is 2.29. The number of unbranched alkanes of at least 4 members (excludes halogenated alkanes) is 1. The zero-order chi connectivity index (χ0) is 14.3. The SMILES string of the molecule is CSCCCCN1CC(CC(C)C)NCC1C(C)C. The summed E-state index contributed by atoms with van der Waals surface area (Å²) in [4.78, 5) is 2.76. The van der Waals surface area contributed by atoms with E-state index in [1.165, 1.54) is 44.6 Å². The van der Waals surface area contributed by atoms with E-state index in [1.807, 2.05) is 11.8 Å². The van der Waals surface area contributed by atoms with Crippen molar-refractivity contribution >= 4 is 11.8 Å². The molecule has 3 heteroatoms. The lowest BCUT2D eigenvalue weighted by molar-refractivity contribution is 0.0909. The summed E-state index contributed by atoms with van der Waals surface area (Å²) in [5, 5.41) is 3.77. The summed E-state index contributed by atoms with van der Waals surface area (Å²) < 4.78 is 0. The molecule has 0 aliphatic carbocycles. The highest BCUT2D eigenvalue weighted by atomic mass is 32.2. The molecule has 0 radical (unpaired) electrons. The van der Waals surface area contributed by atoms with Crippen LogP contribution in [0.1, 0.15) is 47.0 Å². The maximum atomic E-state index is 3.77. The van der Waals surface area contributed by atoms with Crippen LogP contribution < -0.4 is 5.32 Å². The van der Waals surface area contributed by atoms with Crippen molar-refractivity contribution < 1.29 is 0 Å². The van der Waals surface area contributed by atoms with Gasteiger partial charge in [0.25, 0.3) is 0 Å². The first kappa shape index (κ1) is 17.3. The quantitative estimate of drug-likeness (QED) is 0.688. The highest BCUT2D eigenvalue weighted by Crippen LogP contribution is 2.19. The zero-order valence-corrected chi connectivity index (χ0v) is 14.4. The summed E-state index contributed by atoms with van der Waals surface area (Å²) in [6, 6.07) is 1.44. The predicted molar refractivity (Wildman–Crippen MR) is 89.1 cm³/mol. The van der Waals surface area contributed by atoms with Gasteiger partial charge in [-0.25, -0.2) is 0 Å². The number of rotatable bonds is 8. The molecule has 0 bridgehead atoms. The van der Waals surface area contributed by atoms with E-state index in [-0.39, 0.29) is 0 Å². The summed E-state index contributed by atoms with van der Waals surface area (Å²) in [6.45, 7) is 13.1. The van der Waals surface area contributed by atoms with Crippen molar-refractivity contribution in [1.82, 2.24) is 10.2 Å². The molecule has 2 unspecified atom stereocenters. The van der Waals surface area contributed by atoms with Gasteiger partial charge in [0.1, 0.15) is 0 Å². The monoisotopic (exact) mass is 286 g/mol. The van der Waals surface area contributed by atoms with Gasteiger partial charge in [0.05, 0.1) is 0 Å². The molecule has 0 amide bonds. The summed E-state index contributed by atoms with van der Waals surface area (Å²) in [5.74, 6) is 2.87. The van der Waals surface area contributed by atoms with Gasteiger partial charge in [0, 0.05) is 25.2 Å². The second-order valence-electron chi connectivity index (χ2n) is 6.74. The maximum absolute atomic E-state index is 3.77. The standard InChI is InChI=1S/C16H34N2S/c1-13(2)10-15-12-18(8-6-7-9-19-5)16(11-17-15)14(3)4/h13-17H,6-12H2,1-5H3. The zero-order valence-electron chi connectivity index (χ0n) is 13.6. The lowest BCUT2D eigenvalue weighted by atomic mass is 9.94. The third kappa shape index (κ3) is 6.50.